The van der Waals surface area contributed by atoms with Crippen molar-refractivity contribution in [2.75, 3.05) is 13.1 Å². The molecule has 0 radical (unpaired) electrons. The van der Waals surface area contributed by atoms with Crippen LogP contribution in [0.3, 0.4) is 0 Å². The van der Waals surface area contributed by atoms with Gasteiger partial charge in [0.25, 0.3) is 0 Å². The maximum Gasteiger partial charge on any atom is 0.244 e. The second-order valence-corrected chi connectivity index (χ2v) is 10.5. The fraction of sp³-hybridized carbons (Fsp3) is 0.579. The standard InChI is InChI=1S/C19H23ClN4O2S/c20-15-5-1-2-6-16(15)27(25,26)24-11-14(19(12-24)9-3-4-10-19)18-21-17(22-23-18)13-7-8-13/h1-2,5-6,13-14H,3-4,7-12H2,(H,21,22,23). The second kappa shape index (κ2) is 6.29. The number of H-pyrrole nitrogens is 1. The molecule has 1 aliphatic heterocycles. The third-order valence-electron chi connectivity index (χ3n) is 6.46. The van der Waals surface area contributed by atoms with Crippen LogP contribution in [0.25, 0.3) is 0 Å². The molecule has 5 rings (SSSR count). The molecule has 27 heavy (non-hydrogen) atoms. The normalized spacial score (nSPS) is 25.4. The zero-order valence-electron chi connectivity index (χ0n) is 15.1. The number of sulfonamides is 1. The Morgan fingerprint density at radius 1 is 1.19 bits per heavy atom. The lowest BCUT2D eigenvalue weighted by molar-refractivity contribution is 0.277. The van der Waals surface area contributed by atoms with E-state index in [1.54, 1.807) is 28.6 Å². The van der Waals surface area contributed by atoms with Crippen LogP contribution in [-0.2, 0) is 10.0 Å². The lowest BCUT2D eigenvalue weighted by Crippen LogP contribution is -2.31. The van der Waals surface area contributed by atoms with Crippen molar-refractivity contribution >= 4 is 21.6 Å². The molecule has 8 heteroatoms. The molecule has 1 aromatic heterocycles. The fourth-order valence-corrected chi connectivity index (χ4v) is 6.87. The van der Waals surface area contributed by atoms with Gasteiger partial charge in [-0.05, 0) is 43.2 Å². The van der Waals surface area contributed by atoms with Gasteiger partial charge in [0.05, 0.1) is 5.02 Å². The summed E-state index contributed by atoms with van der Waals surface area (Å²) in [6.07, 6.45) is 6.65. The van der Waals surface area contributed by atoms with Crippen molar-refractivity contribution in [2.45, 2.75) is 55.3 Å². The van der Waals surface area contributed by atoms with Gasteiger partial charge in [-0.15, -0.1) is 0 Å². The average molecular weight is 407 g/mol. The van der Waals surface area contributed by atoms with Gasteiger partial charge in [-0.2, -0.15) is 9.40 Å². The zero-order valence-corrected chi connectivity index (χ0v) is 16.6. The Bertz CT molecular complexity index is 964. The molecule has 144 valence electrons. The first kappa shape index (κ1) is 17.6. The molecule has 1 atom stereocenters. The summed E-state index contributed by atoms with van der Waals surface area (Å²) >= 11 is 6.20. The zero-order chi connectivity index (χ0) is 18.6. The van der Waals surface area contributed by atoms with Crippen molar-refractivity contribution < 1.29 is 8.42 Å². The lowest BCUT2D eigenvalue weighted by Gasteiger charge is -2.28. The Hall–Kier alpha value is -1.44. The summed E-state index contributed by atoms with van der Waals surface area (Å²) in [5, 5.41) is 7.82. The van der Waals surface area contributed by atoms with Crippen molar-refractivity contribution in [1.82, 2.24) is 19.5 Å². The summed E-state index contributed by atoms with van der Waals surface area (Å²) in [4.78, 5) is 4.96. The smallest absolute Gasteiger partial charge is 0.244 e. The van der Waals surface area contributed by atoms with E-state index in [1.165, 1.54) is 0 Å². The number of nitrogens with one attached hydrogen (secondary N) is 1. The summed E-state index contributed by atoms with van der Waals surface area (Å²) in [6.45, 7) is 0.970. The number of benzene rings is 1. The van der Waals surface area contributed by atoms with Gasteiger partial charge in [0.15, 0.2) is 5.82 Å². The minimum absolute atomic E-state index is 0.0469. The van der Waals surface area contributed by atoms with E-state index in [-0.39, 0.29) is 21.3 Å². The summed E-state index contributed by atoms with van der Waals surface area (Å²) < 4.78 is 28.2. The number of rotatable bonds is 4. The molecule has 2 aliphatic carbocycles. The Balaban J connectivity index is 1.50. The van der Waals surface area contributed by atoms with E-state index < -0.39 is 10.0 Å². The molecule has 1 unspecified atom stereocenters. The van der Waals surface area contributed by atoms with Gasteiger partial charge in [-0.3, -0.25) is 5.10 Å². The van der Waals surface area contributed by atoms with Crippen LogP contribution in [0.15, 0.2) is 29.2 Å². The van der Waals surface area contributed by atoms with Gasteiger partial charge in [0, 0.05) is 24.9 Å². The third-order valence-corrected chi connectivity index (χ3v) is 8.77. The minimum Gasteiger partial charge on any atom is -0.263 e. The predicted octanol–water partition coefficient (Wildman–Crippen LogP) is 3.68. The summed E-state index contributed by atoms with van der Waals surface area (Å²) in [5.74, 6) is 2.30. The molecule has 1 aromatic carbocycles. The van der Waals surface area contributed by atoms with Crippen LogP contribution >= 0.6 is 11.6 Å². The summed E-state index contributed by atoms with van der Waals surface area (Å²) in [7, 11) is -3.63. The molecule has 3 aliphatic rings. The monoisotopic (exact) mass is 406 g/mol. The Labute approximate surface area is 164 Å². The first-order chi connectivity index (χ1) is 13.0. The Kier molecular flexibility index (Phi) is 4.11. The molecule has 2 heterocycles. The molecule has 2 aromatic rings. The lowest BCUT2D eigenvalue weighted by atomic mass is 9.76. The van der Waals surface area contributed by atoms with E-state index in [0.29, 0.717) is 19.0 Å². The molecule has 1 spiro atoms. The van der Waals surface area contributed by atoms with E-state index in [4.69, 9.17) is 16.6 Å². The van der Waals surface area contributed by atoms with Crippen molar-refractivity contribution in [3.05, 3.63) is 40.9 Å². The maximum absolute atomic E-state index is 13.3. The fourth-order valence-electron chi connectivity index (χ4n) is 4.83. The second-order valence-electron chi connectivity index (χ2n) is 8.20. The molecule has 6 nitrogen and oxygen atoms in total. The first-order valence-corrected chi connectivity index (χ1v) is 11.5. The van der Waals surface area contributed by atoms with Crippen LogP contribution in [0.5, 0.6) is 0 Å². The molecule has 0 amide bonds. The van der Waals surface area contributed by atoms with E-state index in [0.717, 1.165) is 50.2 Å². The van der Waals surface area contributed by atoms with Gasteiger partial charge < -0.3 is 0 Å². The van der Waals surface area contributed by atoms with Crippen LogP contribution in [0.4, 0.5) is 0 Å². The number of hydrogen-bond donors (Lipinski definition) is 1. The van der Waals surface area contributed by atoms with Crippen molar-refractivity contribution in [3.8, 4) is 0 Å². The predicted molar refractivity (Wildman–Crippen MR) is 102 cm³/mol. The van der Waals surface area contributed by atoms with Crippen molar-refractivity contribution in [3.63, 3.8) is 0 Å². The molecule has 1 saturated heterocycles. The number of aromatic nitrogens is 3. The average Bonchev–Trinajstić information content (AvgIpc) is 3.08. The minimum atomic E-state index is -3.63. The van der Waals surface area contributed by atoms with E-state index in [9.17, 15) is 8.42 Å². The number of hydrogen-bond acceptors (Lipinski definition) is 4. The quantitative estimate of drug-likeness (QED) is 0.839. The third kappa shape index (κ3) is 2.91. The highest BCUT2D eigenvalue weighted by atomic mass is 35.5. The highest BCUT2D eigenvalue weighted by Gasteiger charge is 2.53. The number of halogens is 1. The maximum atomic E-state index is 13.3. The van der Waals surface area contributed by atoms with Crippen LogP contribution in [0.1, 0.15) is 62.0 Å². The Morgan fingerprint density at radius 3 is 2.63 bits per heavy atom. The van der Waals surface area contributed by atoms with Crippen LogP contribution < -0.4 is 0 Å². The molecule has 3 fully saturated rings. The van der Waals surface area contributed by atoms with Gasteiger partial charge in [0.2, 0.25) is 10.0 Å². The molecular formula is C19H23ClN4O2S. The molecule has 0 bridgehead atoms. The van der Waals surface area contributed by atoms with Gasteiger partial charge >= 0.3 is 0 Å². The van der Waals surface area contributed by atoms with Gasteiger partial charge in [-0.25, -0.2) is 13.4 Å². The van der Waals surface area contributed by atoms with Crippen LogP contribution in [0.2, 0.25) is 5.02 Å². The van der Waals surface area contributed by atoms with E-state index in [2.05, 4.69) is 10.2 Å². The van der Waals surface area contributed by atoms with Crippen LogP contribution in [0, 0.1) is 5.41 Å². The van der Waals surface area contributed by atoms with E-state index in [1.807, 2.05) is 0 Å². The van der Waals surface area contributed by atoms with E-state index >= 15 is 0 Å². The summed E-state index contributed by atoms with van der Waals surface area (Å²) in [5.41, 5.74) is -0.0469. The summed E-state index contributed by atoms with van der Waals surface area (Å²) in [6, 6.07) is 6.69. The van der Waals surface area contributed by atoms with Gasteiger partial charge in [-0.1, -0.05) is 36.6 Å². The van der Waals surface area contributed by atoms with Crippen LogP contribution in [-0.4, -0.2) is 41.0 Å². The molecule has 1 N–H and O–H groups in total. The van der Waals surface area contributed by atoms with Crippen molar-refractivity contribution in [1.29, 1.82) is 0 Å². The highest BCUT2D eigenvalue weighted by molar-refractivity contribution is 7.89. The number of aromatic amines is 1. The van der Waals surface area contributed by atoms with Gasteiger partial charge in [0.1, 0.15) is 10.7 Å². The largest absolute Gasteiger partial charge is 0.263 e. The molecule has 2 saturated carbocycles. The Morgan fingerprint density at radius 2 is 1.93 bits per heavy atom. The molecular weight excluding hydrogens is 384 g/mol. The highest BCUT2D eigenvalue weighted by Crippen LogP contribution is 2.54. The SMILES string of the molecule is O=S(=O)(c1ccccc1Cl)N1CC(c2nc(C3CC3)n[nH]2)C2(CCCC2)C1. The number of nitrogens with zero attached hydrogens (tertiary/aromatic N) is 3. The topological polar surface area (TPSA) is 79.0 Å². The van der Waals surface area contributed by atoms with Crippen molar-refractivity contribution in [2.24, 2.45) is 5.41 Å². The first-order valence-electron chi connectivity index (χ1n) is 9.66.